The molecule has 106 valence electrons. The summed E-state index contributed by atoms with van der Waals surface area (Å²) in [4.78, 5) is 8.87. The first-order valence-corrected chi connectivity index (χ1v) is 7.32. The molecule has 21 heavy (non-hydrogen) atoms. The molecule has 2 N–H and O–H groups in total. The van der Waals surface area contributed by atoms with Crippen LogP contribution in [0.1, 0.15) is 0 Å². The van der Waals surface area contributed by atoms with Crippen LogP contribution in [0.2, 0.25) is 5.02 Å². The number of methoxy groups -OCH3 is 1. The normalized spacial score (nSPS) is 10.8. The minimum Gasteiger partial charge on any atom is -0.497 e. The second-order valence-corrected chi connectivity index (χ2v) is 5.76. The Bertz CT molecular complexity index is 839. The third-order valence-electron chi connectivity index (χ3n) is 3.10. The highest BCUT2D eigenvalue weighted by Gasteiger charge is 2.11. The minimum atomic E-state index is 0.396. The maximum absolute atomic E-state index is 6.24. The lowest BCUT2D eigenvalue weighted by atomic mass is 10.1. The van der Waals surface area contributed by atoms with E-state index < -0.39 is 0 Å². The number of hydrogen-bond acceptors (Lipinski definition) is 4. The van der Waals surface area contributed by atoms with E-state index in [2.05, 4.69) is 25.9 Å². The Hall–Kier alpha value is -1.85. The number of halogens is 2. The van der Waals surface area contributed by atoms with Gasteiger partial charge in [0, 0.05) is 15.4 Å². The summed E-state index contributed by atoms with van der Waals surface area (Å²) in [6.07, 6.45) is 0. The van der Waals surface area contributed by atoms with Crippen LogP contribution in [0, 0.1) is 0 Å². The molecule has 2 aromatic carbocycles. The van der Waals surface area contributed by atoms with Gasteiger partial charge in [0.1, 0.15) is 11.6 Å². The Morgan fingerprint density at radius 1 is 1.14 bits per heavy atom. The largest absolute Gasteiger partial charge is 0.497 e. The predicted molar refractivity (Wildman–Crippen MR) is 88.6 cm³/mol. The summed E-state index contributed by atoms with van der Waals surface area (Å²) in [5.41, 5.74) is 7.53. The first kappa shape index (κ1) is 14.1. The third kappa shape index (κ3) is 2.66. The van der Waals surface area contributed by atoms with E-state index in [1.165, 1.54) is 0 Å². The number of nitrogens with two attached hydrogens (primary N) is 1. The van der Waals surface area contributed by atoms with Crippen molar-refractivity contribution in [1.82, 2.24) is 9.97 Å². The minimum absolute atomic E-state index is 0.396. The Labute approximate surface area is 135 Å². The molecular weight excluding hydrogens is 354 g/mol. The zero-order valence-corrected chi connectivity index (χ0v) is 13.4. The van der Waals surface area contributed by atoms with Crippen molar-refractivity contribution in [2.75, 3.05) is 12.8 Å². The molecule has 0 spiro atoms. The van der Waals surface area contributed by atoms with E-state index in [0.29, 0.717) is 22.4 Å². The van der Waals surface area contributed by atoms with Gasteiger partial charge in [0.05, 0.1) is 17.6 Å². The Morgan fingerprint density at radius 3 is 2.67 bits per heavy atom. The van der Waals surface area contributed by atoms with Crippen LogP contribution in [-0.4, -0.2) is 17.1 Å². The van der Waals surface area contributed by atoms with Crippen LogP contribution in [0.4, 0.5) is 5.82 Å². The number of nitrogen functional groups attached to an aromatic ring is 1. The first-order valence-electron chi connectivity index (χ1n) is 6.15. The second kappa shape index (κ2) is 5.50. The lowest BCUT2D eigenvalue weighted by molar-refractivity contribution is 0.415. The molecule has 3 aromatic rings. The number of rotatable bonds is 2. The second-order valence-electron chi connectivity index (χ2n) is 4.44. The molecule has 6 heteroatoms. The van der Waals surface area contributed by atoms with Crippen molar-refractivity contribution >= 4 is 44.3 Å². The molecule has 0 radical (unpaired) electrons. The molecule has 0 bridgehead atoms. The Balaban J connectivity index is 2.20. The van der Waals surface area contributed by atoms with Gasteiger partial charge in [0.25, 0.3) is 0 Å². The van der Waals surface area contributed by atoms with E-state index in [0.717, 1.165) is 20.9 Å². The summed E-state index contributed by atoms with van der Waals surface area (Å²) in [5.74, 6) is 1.61. The van der Waals surface area contributed by atoms with E-state index in [-0.39, 0.29) is 0 Å². The van der Waals surface area contributed by atoms with Crippen molar-refractivity contribution in [1.29, 1.82) is 0 Å². The highest BCUT2D eigenvalue weighted by atomic mass is 79.9. The molecule has 0 unspecified atom stereocenters. The maximum Gasteiger partial charge on any atom is 0.163 e. The van der Waals surface area contributed by atoms with E-state index in [1.807, 2.05) is 30.3 Å². The summed E-state index contributed by atoms with van der Waals surface area (Å²) in [6, 6.07) is 11.0. The van der Waals surface area contributed by atoms with Gasteiger partial charge in [-0.1, -0.05) is 27.5 Å². The van der Waals surface area contributed by atoms with Gasteiger partial charge in [0.15, 0.2) is 5.82 Å². The molecule has 0 amide bonds. The molecule has 0 saturated carbocycles. The molecule has 1 aromatic heterocycles. The van der Waals surface area contributed by atoms with Crippen LogP contribution in [0.25, 0.3) is 22.3 Å². The fourth-order valence-corrected chi connectivity index (χ4v) is 2.81. The van der Waals surface area contributed by atoms with Gasteiger partial charge in [-0.3, -0.25) is 0 Å². The average Bonchev–Trinajstić information content (AvgIpc) is 2.47. The smallest absolute Gasteiger partial charge is 0.163 e. The maximum atomic E-state index is 6.24. The van der Waals surface area contributed by atoms with E-state index >= 15 is 0 Å². The zero-order valence-electron chi connectivity index (χ0n) is 11.1. The third-order valence-corrected chi connectivity index (χ3v) is 3.91. The van der Waals surface area contributed by atoms with Crippen molar-refractivity contribution in [3.8, 4) is 17.1 Å². The van der Waals surface area contributed by atoms with Crippen LogP contribution in [0.5, 0.6) is 5.75 Å². The van der Waals surface area contributed by atoms with Crippen molar-refractivity contribution in [2.24, 2.45) is 0 Å². The molecule has 0 fully saturated rings. The molecule has 0 saturated heterocycles. The fourth-order valence-electron chi connectivity index (χ4n) is 2.05. The van der Waals surface area contributed by atoms with Crippen molar-refractivity contribution in [2.45, 2.75) is 0 Å². The fraction of sp³-hybridized carbons (Fsp3) is 0.0667. The number of fused-ring (bicyclic) bond motifs is 1. The Morgan fingerprint density at radius 2 is 1.95 bits per heavy atom. The summed E-state index contributed by atoms with van der Waals surface area (Å²) < 4.78 is 6.08. The highest BCUT2D eigenvalue weighted by molar-refractivity contribution is 9.10. The van der Waals surface area contributed by atoms with Crippen molar-refractivity contribution in [3.63, 3.8) is 0 Å². The van der Waals surface area contributed by atoms with E-state index in [9.17, 15) is 0 Å². The van der Waals surface area contributed by atoms with E-state index in [4.69, 9.17) is 22.1 Å². The van der Waals surface area contributed by atoms with Gasteiger partial charge >= 0.3 is 0 Å². The molecule has 0 aliphatic carbocycles. The Kier molecular flexibility index (Phi) is 3.69. The van der Waals surface area contributed by atoms with Gasteiger partial charge in [-0.15, -0.1) is 0 Å². The molecule has 0 aliphatic heterocycles. The lowest BCUT2D eigenvalue weighted by Crippen LogP contribution is -1.98. The number of anilines is 1. The predicted octanol–water partition coefficient (Wildman–Crippen LogP) is 4.30. The van der Waals surface area contributed by atoms with Crippen LogP contribution in [-0.2, 0) is 0 Å². The van der Waals surface area contributed by atoms with Crippen LogP contribution in [0.3, 0.4) is 0 Å². The molecule has 0 atom stereocenters. The van der Waals surface area contributed by atoms with E-state index in [1.54, 1.807) is 13.2 Å². The van der Waals surface area contributed by atoms with Gasteiger partial charge in [-0.25, -0.2) is 9.97 Å². The van der Waals surface area contributed by atoms with Crippen molar-refractivity contribution < 1.29 is 4.74 Å². The van der Waals surface area contributed by atoms with Gasteiger partial charge < -0.3 is 10.5 Å². The van der Waals surface area contributed by atoms with Gasteiger partial charge in [-0.05, 0) is 36.4 Å². The van der Waals surface area contributed by atoms with Crippen molar-refractivity contribution in [3.05, 3.63) is 45.9 Å². The highest BCUT2D eigenvalue weighted by Crippen LogP contribution is 2.31. The topological polar surface area (TPSA) is 61.0 Å². The van der Waals surface area contributed by atoms with Crippen LogP contribution < -0.4 is 10.5 Å². The van der Waals surface area contributed by atoms with Crippen LogP contribution in [0.15, 0.2) is 40.9 Å². The molecule has 1 heterocycles. The van der Waals surface area contributed by atoms with Gasteiger partial charge in [-0.2, -0.15) is 0 Å². The van der Waals surface area contributed by atoms with Gasteiger partial charge in [0.2, 0.25) is 0 Å². The average molecular weight is 365 g/mol. The number of benzene rings is 2. The summed E-state index contributed by atoms with van der Waals surface area (Å²) in [7, 11) is 1.61. The number of hydrogen-bond donors (Lipinski definition) is 1. The molecular formula is C15H11BrClN3O. The number of aromatic nitrogens is 2. The molecule has 4 nitrogen and oxygen atoms in total. The molecule has 0 aliphatic rings. The zero-order chi connectivity index (χ0) is 15.0. The number of ether oxygens (including phenoxy) is 1. The SMILES string of the molecule is COc1ccc2nc(-c3ccc(Br)cc3Cl)nc(N)c2c1. The summed E-state index contributed by atoms with van der Waals surface area (Å²) in [5, 5.41) is 1.32. The monoisotopic (exact) mass is 363 g/mol. The quantitative estimate of drug-likeness (QED) is 0.736. The van der Waals surface area contributed by atoms with Crippen LogP contribution >= 0.6 is 27.5 Å². The molecule has 3 rings (SSSR count). The lowest BCUT2D eigenvalue weighted by Gasteiger charge is -2.08. The number of nitrogens with zero attached hydrogens (tertiary/aromatic N) is 2. The standard InChI is InChI=1S/C15H11BrClN3O/c1-21-9-3-5-13-11(7-9)14(18)20-15(19-13)10-4-2-8(16)6-12(10)17/h2-7H,1H3,(H2,18,19,20). The summed E-state index contributed by atoms with van der Waals surface area (Å²) >= 11 is 9.62. The summed E-state index contributed by atoms with van der Waals surface area (Å²) in [6.45, 7) is 0. The first-order chi connectivity index (χ1) is 10.1.